The molecule has 0 rings (SSSR count). The smallest absolute Gasteiger partial charge is 0.279 e. The van der Waals surface area contributed by atoms with Gasteiger partial charge in [-0.1, -0.05) is 0 Å². The number of hydrogen-bond acceptors (Lipinski definition) is 4. The second kappa shape index (κ2) is 7.97. The summed E-state index contributed by atoms with van der Waals surface area (Å²) >= 11 is 0. The van der Waals surface area contributed by atoms with E-state index in [1.54, 1.807) is 0 Å². The largest absolute Gasteiger partial charge is 0.394 e. The van der Waals surface area contributed by atoms with Gasteiger partial charge in [-0.25, -0.2) is 4.72 Å². The van der Waals surface area contributed by atoms with Crippen LogP contribution in [0.15, 0.2) is 0 Å². The summed E-state index contributed by atoms with van der Waals surface area (Å²) in [7, 11) is -1.84. The van der Waals surface area contributed by atoms with Crippen molar-refractivity contribution in [3.8, 4) is 0 Å². The molecule has 0 fully saturated rings. The third-order valence-corrected chi connectivity index (χ3v) is 3.84. The molecule has 0 unspecified atom stereocenters. The quantitative estimate of drug-likeness (QED) is 0.547. The predicted molar refractivity (Wildman–Crippen MR) is 62.3 cm³/mol. The minimum atomic E-state index is -3.37. The van der Waals surface area contributed by atoms with Crippen LogP contribution in [0.4, 0.5) is 0 Å². The molecular formula is C9H22N2O4S. The number of aliphatic hydroxyl groups excluding tert-OH is 1. The second-order valence-electron chi connectivity index (χ2n) is 3.70. The Hall–Kier alpha value is -0.210. The molecule has 0 atom stereocenters. The van der Waals surface area contributed by atoms with E-state index in [4.69, 9.17) is 9.84 Å². The Morgan fingerprint density at radius 2 is 2.00 bits per heavy atom. The van der Waals surface area contributed by atoms with E-state index in [2.05, 4.69) is 4.72 Å². The molecule has 0 aromatic heterocycles. The fourth-order valence-corrected chi connectivity index (χ4v) is 2.08. The van der Waals surface area contributed by atoms with E-state index in [1.807, 2.05) is 13.8 Å². The summed E-state index contributed by atoms with van der Waals surface area (Å²) in [6.45, 7) is 4.67. The van der Waals surface area contributed by atoms with Crippen molar-refractivity contribution >= 4 is 10.2 Å². The Labute approximate surface area is 97.8 Å². The minimum Gasteiger partial charge on any atom is -0.394 e. The first kappa shape index (κ1) is 15.8. The molecule has 0 aliphatic rings. The third-order valence-electron chi connectivity index (χ3n) is 2.09. The van der Waals surface area contributed by atoms with Crippen molar-refractivity contribution in [2.45, 2.75) is 26.3 Å². The van der Waals surface area contributed by atoms with Crippen LogP contribution in [0.3, 0.4) is 0 Å². The van der Waals surface area contributed by atoms with Crippen molar-refractivity contribution < 1.29 is 18.3 Å². The first-order valence-corrected chi connectivity index (χ1v) is 6.77. The van der Waals surface area contributed by atoms with Crippen LogP contribution in [-0.4, -0.2) is 57.3 Å². The molecule has 6 nitrogen and oxygen atoms in total. The SMILES string of the molecule is CC(C)N(C)S(=O)(=O)NCCCOCCO. The van der Waals surface area contributed by atoms with Crippen LogP contribution < -0.4 is 4.72 Å². The molecule has 0 bridgehead atoms. The highest BCUT2D eigenvalue weighted by Gasteiger charge is 2.18. The number of aliphatic hydroxyl groups is 1. The second-order valence-corrected chi connectivity index (χ2v) is 5.51. The fraction of sp³-hybridized carbons (Fsp3) is 1.00. The minimum absolute atomic E-state index is 0.0121. The molecule has 16 heavy (non-hydrogen) atoms. The van der Waals surface area contributed by atoms with E-state index in [-0.39, 0.29) is 12.6 Å². The van der Waals surface area contributed by atoms with Gasteiger partial charge in [-0.2, -0.15) is 12.7 Å². The maximum Gasteiger partial charge on any atom is 0.279 e. The molecule has 0 heterocycles. The molecule has 98 valence electrons. The molecular weight excluding hydrogens is 232 g/mol. The summed E-state index contributed by atoms with van der Waals surface area (Å²) in [6.07, 6.45) is 0.588. The van der Waals surface area contributed by atoms with E-state index < -0.39 is 10.2 Å². The summed E-state index contributed by atoms with van der Waals surface area (Å²) in [5.41, 5.74) is 0. The molecule has 0 amide bonds. The molecule has 0 radical (unpaired) electrons. The number of rotatable bonds is 9. The highest BCUT2D eigenvalue weighted by Crippen LogP contribution is 2.00. The van der Waals surface area contributed by atoms with Crippen LogP contribution in [0.1, 0.15) is 20.3 Å². The number of nitrogens with zero attached hydrogens (tertiary/aromatic N) is 1. The van der Waals surface area contributed by atoms with Gasteiger partial charge in [0.2, 0.25) is 0 Å². The van der Waals surface area contributed by atoms with Gasteiger partial charge < -0.3 is 9.84 Å². The summed E-state index contributed by atoms with van der Waals surface area (Å²) in [5, 5.41) is 8.44. The fourth-order valence-electron chi connectivity index (χ4n) is 0.921. The summed E-state index contributed by atoms with van der Waals surface area (Å²) < 4.78 is 31.9. The molecule has 0 aromatic carbocycles. The van der Waals surface area contributed by atoms with Gasteiger partial charge >= 0.3 is 0 Å². The van der Waals surface area contributed by atoms with Crippen molar-refractivity contribution in [3.05, 3.63) is 0 Å². The van der Waals surface area contributed by atoms with Gasteiger partial charge in [-0.05, 0) is 20.3 Å². The molecule has 0 saturated heterocycles. The summed E-state index contributed by atoms with van der Waals surface area (Å²) in [5.74, 6) is 0. The van der Waals surface area contributed by atoms with Crippen LogP contribution in [0, 0.1) is 0 Å². The van der Waals surface area contributed by atoms with Crippen LogP contribution in [0.2, 0.25) is 0 Å². The van der Waals surface area contributed by atoms with Crippen LogP contribution in [0.5, 0.6) is 0 Å². The maximum atomic E-state index is 11.6. The van der Waals surface area contributed by atoms with E-state index >= 15 is 0 Å². The molecule has 0 aliphatic carbocycles. The Balaban J connectivity index is 3.75. The molecule has 2 N–H and O–H groups in total. The maximum absolute atomic E-state index is 11.6. The number of ether oxygens (including phenoxy) is 1. The first-order chi connectivity index (χ1) is 7.41. The average molecular weight is 254 g/mol. The van der Waals surface area contributed by atoms with Crippen molar-refractivity contribution in [2.24, 2.45) is 0 Å². The van der Waals surface area contributed by atoms with Crippen molar-refractivity contribution in [2.75, 3.05) is 33.4 Å². The zero-order chi connectivity index (χ0) is 12.6. The zero-order valence-electron chi connectivity index (χ0n) is 10.1. The Bertz CT molecular complexity index is 267. The average Bonchev–Trinajstić information content (AvgIpc) is 2.22. The van der Waals surface area contributed by atoms with Crippen LogP contribution in [0.25, 0.3) is 0 Å². The zero-order valence-corrected chi connectivity index (χ0v) is 11.0. The highest BCUT2D eigenvalue weighted by atomic mass is 32.2. The standard InChI is InChI=1S/C9H22N2O4S/c1-9(2)11(3)16(13,14)10-5-4-7-15-8-6-12/h9-10,12H,4-8H2,1-3H3. The van der Waals surface area contributed by atoms with Gasteiger partial charge in [0.15, 0.2) is 0 Å². The van der Waals surface area contributed by atoms with Gasteiger partial charge in [0, 0.05) is 26.2 Å². The van der Waals surface area contributed by atoms with Gasteiger partial charge in [0.1, 0.15) is 0 Å². The van der Waals surface area contributed by atoms with Crippen molar-refractivity contribution in [1.29, 1.82) is 0 Å². The lowest BCUT2D eigenvalue weighted by molar-refractivity contribution is 0.0913. The lowest BCUT2D eigenvalue weighted by atomic mass is 10.4. The van der Waals surface area contributed by atoms with Crippen LogP contribution >= 0.6 is 0 Å². The highest BCUT2D eigenvalue weighted by molar-refractivity contribution is 7.87. The third kappa shape index (κ3) is 6.39. The molecule has 7 heteroatoms. The van der Waals surface area contributed by atoms with Gasteiger partial charge in [0.25, 0.3) is 10.2 Å². The lowest BCUT2D eigenvalue weighted by Crippen LogP contribution is -2.42. The normalized spacial score (nSPS) is 12.6. The van der Waals surface area contributed by atoms with Gasteiger partial charge in [0.05, 0.1) is 13.2 Å². The van der Waals surface area contributed by atoms with Gasteiger partial charge in [-0.15, -0.1) is 0 Å². The first-order valence-electron chi connectivity index (χ1n) is 5.33. The van der Waals surface area contributed by atoms with Crippen LogP contribution in [-0.2, 0) is 14.9 Å². The van der Waals surface area contributed by atoms with Gasteiger partial charge in [-0.3, -0.25) is 0 Å². The lowest BCUT2D eigenvalue weighted by Gasteiger charge is -2.21. The Morgan fingerprint density at radius 3 is 2.50 bits per heavy atom. The van der Waals surface area contributed by atoms with Crippen molar-refractivity contribution in [3.63, 3.8) is 0 Å². The topological polar surface area (TPSA) is 78.9 Å². The van der Waals surface area contributed by atoms with E-state index in [0.29, 0.717) is 26.2 Å². The van der Waals surface area contributed by atoms with E-state index in [9.17, 15) is 8.42 Å². The van der Waals surface area contributed by atoms with E-state index in [0.717, 1.165) is 0 Å². The Kier molecular flexibility index (Phi) is 7.86. The molecule has 0 aliphatic heterocycles. The monoisotopic (exact) mass is 254 g/mol. The number of nitrogens with one attached hydrogen (secondary N) is 1. The number of hydrogen-bond donors (Lipinski definition) is 2. The predicted octanol–water partition coefficient (Wildman–Crippen LogP) is -0.440. The summed E-state index contributed by atoms with van der Waals surface area (Å²) in [6, 6.07) is -0.0665. The molecule has 0 spiro atoms. The Morgan fingerprint density at radius 1 is 1.38 bits per heavy atom. The van der Waals surface area contributed by atoms with Crippen molar-refractivity contribution in [1.82, 2.24) is 9.03 Å². The van der Waals surface area contributed by atoms with E-state index in [1.165, 1.54) is 11.4 Å². The molecule has 0 saturated carbocycles. The molecule has 0 aromatic rings. The summed E-state index contributed by atoms with van der Waals surface area (Å²) in [4.78, 5) is 0.